The molecule has 2 rings (SSSR count). The van der Waals surface area contributed by atoms with Gasteiger partial charge in [-0.25, -0.2) is 0 Å². The highest BCUT2D eigenvalue weighted by atomic mass is 35.5. The van der Waals surface area contributed by atoms with Gasteiger partial charge >= 0.3 is 0 Å². The summed E-state index contributed by atoms with van der Waals surface area (Å²) in [7, 11) is 0. The molecule has 3 heteroatoms. The molecule has 20 heavy (non-hydrogen) atoms. The average Bonchev–Trinajstić information content (AvgIpc) is 2.91. The van der Waals surface area contributed by atoms with Crippen LogP contribution in [-0.4, -0.2) is 29.6 Å². The first-order valence-corrected chi connectivity index (χ1v) is 8.25. The van der Waals surface area contributed by atoms with E-state index >= 15 is 0 Å². The first-order chi connectivity index (χ1) is 9.62. The molecule has 0 heterocycles. The minimum absolute atomic E-state index is 0.184. The number of halogens is 1. The van der Waals surface area contributed by atoms with Crippen LogP contribution in [0.25, 0.3) is 0 Å². The van der Waals surface area contributed by atoms with E-state index < -0.39 is 0 Å². The van der Waals surface area contributed by atoms with Crippen molar-refractivity contribution in [3.63, 3.8) is 0 Å². The van der Waals surface area contributed by atoms with E-state index in [9.17, 15) is 0 Å². The van der Waals surface area contributed by atoms with Crippen LogP contribution in [0, 0.1) is 0 Å². The summed E-state index contributed by atoms with van der Waals surface area (Å²) < 4.78 is 0. The molecule has 1 aliphatic carbocycles. The zero-order valence-corrected chi connectivity index (χ0v) is 13.5. The van der Waals surface area contributed by atoms with Gasteiger partial charge < -0.3 is 5.73 Å². The van der Waals surface area contributed by atoms with Crippen LogP contribution in [0.3, 0.4) is 0 Å². The Morgan fingerprint density at radius 3 is 2.45 bits per heavy atom. The molecule has 0 bridgehead atoms. The van der Waals surface area contributed by atoms with E-state index in [4.69, 9.17) is 17.3 Å². The maximum Gasteiger partial charge on any atom is 0.0408 e. The summed E-state index contributed by atoms with van der Waals surface area (Å²) in [6, 6.07) is 8.31. The summed E-state index contributed by atoms with van der Waals surface area (Å²) in [6.07, 6.45) is 5.99. The fourth-order valence-electron chi connectivity index (χ4n) is 3.87. The summed E-state index contributed by atoms with van der Waals surface area (Å²) in [5.74, 6) is 0. The minimum atomic E-state index is 0.184. The molecule has 0 spiro atoms. The molecule has 0 aliphatic heterocycles. The third-order valence-electron chi connectivity index (χ3n) is 4.90. The van der Waals surface area contributed by atoms with E-state index in [0.717, 1.165) is 24.5 Å². The Labute approximate surface area is 128 Å². The molecular formula is C17H27ClN2. The molecular weight excluding hydrogens is 268 g/mol. The monoisotopic (exact) mass is 294 g/mol. The quantitative estimate of drug-likeness (QED) is 0.863. The van der Waals surface area contributed by atoms with Gasteiger partial charge in [-0.1, -0.05) is 50.4 Å². The molecule has 2 nitrogen and oxygen atoms in total. The largest absolute Gasteiger partial charge is 0.326 e. The molecule has 0 aromatic heterocycles. The van der Waals surface area contributed by atoms with Crippen LogP contribution in [0.15, 0.2) is 24.3 Å². The number of rotatable bonds is 6. The maximum atomic E-state index is 6.66. The van der Waals surface area contributed by atoms with Gasteiger partial charge in [-0.05, 0) is 50.0 Å². The van der Waals surface area contributed by atoms with E-state index in [1.807, 2.05) is 18.2 Å². The highest BCUT2D eigenvalue weighted by molar-refractivity contribution is 6.30. The molecule has 0 saturated heterocycles. The second kappa shape index (κ2) is 6.93. The van der Waals surface area contributed by atoms with Gasteiger partial charge in [-0.3, -0.25) is 4.90 Å². The van der Waals surface area contributed by atoms with Crippen molar-refractivity contribution in [1.29, 1.82) is 0 Å². The Morgan fingerprint density at radius 2 is 1.90 bits per heavy atom. The topological polar surface area (TPSA) is 29.3 Å². The van der Waals surface area contributed by atoms with Gasteiger partial charge in [-0.2, -0.15) is 0 Å². The van der Waals surface area contributed by atoms with Gasteiger partial charge in [0.15, 0.2) is 0 Å². The summed E-state index contributed by atoms with van der Waals surface area (Å²) in [5.41, 5.74) is 8.10. The third kappa shape index (κ3) is 3.19. The predicted octanol–water partition coefficient (Wildman–Crippen LogP) is 3.86. The van der Waals surface area contributed by atoms with E-state index in [1.54, 1.807) is 0 Å². The Balaban J connectivity index is 2.17. The second-order valence-electron chi connectivity index (χ2n) is 5.92. The summed E-state index contributed by atoms with van der Waals surface area (Å²) in [5, 5.41) is 0.804. The van der Waals surface area contributed by atoms with E-state index in [2.05, 4.69) is 24.8 Å². The van der Waals surface area contributed by atoms with Crippen LogP contribution in [-0.2, 0) is 6.42 Å². The van der Waals surface area contributed by atoms with Gasteiger partial charge in [-0.15, -0.1) is 0 Å². The molecule has 0 amide bonds. The van der Waals surface area contributed by atoms with Crippen LogP contribution in [0.2, 0.25) is 5.02 Å². The van der Waals surface area contributed by atoms with Crippen LogP contribution >= 0.6 is 11.6 Å². The summed E-state index contributed by atoms with van der Waals surface area (Å²) >= 11 is 6.09. The van der Waals surface area contributed by atoms with Crippen LogP contribution in [0.1, 0.15) is 45.1 Å². The van der Waals surface area contributed by atoms with Crippen LogP contribution < -0.4 is 5.73 Å². The molecule has 1 saturated carbocycles. The zero-order valence-electron chi connectivity index (χ0n) is 12.7. The van der Waals surface area contributed by atoms with Crippen molar-refractivity contribution in [2.45, 2.75) is 57.5 Å². The number of hydrogen-bond acceptors (Lipinski definition) is 2. The fraction of sp³-hybridized carbons (Fsp3) is 0.647. The van der Waals surface area contributed by atoms with Crippen LogP contribution in [0.5, 0.6) is 0 Å². The van der Waals surface area contributed by atoms with Gasteiger partial charge in [0.25, 0.3) is 0 Å². The lowest BCUT2D eigenvalue weighted by atomic mass is 9.83. The Hall–Kier alpha value is -0.570. The number of likely N-dealkylation sites (N-methyl/N-ethyl adjacent to an activating group) is 1. The van der Waals surface area contributed by atoms with Crippen molar-refractivity contribution in [1.82, 2.24) is 4.90 Å². The lowest BCUT2D eigenvalue weighted by molar-refractivity contribution is 0.0772. The van der Waals surface area contributed by atoms with Crippen LogP contribution in [0.4, 0.5) is 0 Å². The van der Waals surface area contributed by atoms with Crippen molar-refractivity contribution in [3.05, 3.63) is 34.9 Å². The maximum absolute atomic E-state index is 6.66. The standard InChI is InChI=1S/C17H27ClN2/c1-3-20(4-2)17(10-5-6-11-17)16(19)13-14-8-7-9-15(18)12-14/h7-9,12,16H,3-6,10-11,13,19H2,1-2H3. The molecule has 1 fully saturated rings. The van der Waals surface area contributed by atoms with Crippen molar-refractivity contribution in [2.75, 3.05) is 13.1 Å². The minimum Gasteiger partial charge on any atom is -0.326 e. The van der Waals surface area contributed by atoms with Crippen molar-refractivity contribution in [2.24, 2.45) is 5.73 Å². The molecule has 2 N–H and O–H groups in total. The summed E-state index contributed by atoms with van der Waals surface area (Å²) in [6.45, 7) is 6.66. The Bertz CT molecular complexity index is 423. The normalized spacial score (nSPS) is 19.4. The molecule has 1 aromatic carbocycles. The molecule has 1 unspecified atom stereocenters. The van der Waals surface area contributed by atoms with Crippen molar-refractivity contribution in [3.8, 4) is 0 Å². The second-order valence-corrected chi connectivity index (χ2v) is 6.36. The van der Waals surface area contributed by atoms with E-state index in [0.29, 0.717) is 0 Å². The average molecular weight is 295 g/mol. The Morgan fingerprint density at radius 1 is 1.25 bits per heavy atom. The van der Waals surface area contributed by atoms with E-state index in [-0.39, 0.29) is 11.6 Å². The third-order valence-corrected chi connectivity index (χ3v) is 5.13. The van der Waals surface area contributed by atoms with Crippen molar-refractivity contribution < 1.29 is 0 Å². The zero-order chi connectivity index (χ0) is 14.6. The molecule has 1 atom stereocenters. The molecule has 0 radical (unpaired) electrons. The SMILES string of the molecule is CCN(CC)C1(C(N)Cc2cccc(Cl)c2)CCCC1. The smallest absolute Gasteiger partial charge is 0.0408 e. The highest BCUT2D eigenvalue weighted by Gasteiger charge is 2.43. The van der Waals surface area contributed by atoms with E-state index in [1.165, 1.54) is 31.2 Å². The van der Waals surface area contributed by atoms with Gasteiger partial charge in [0, 0.05) is 16.6 Å². The predicted molar refractivity (Wildman–Crippen MR) is 87.3 cm³/mol. The molecule has 112 valence electrons. The highest BCUT2D eigenvalue weighted by Crippen LogP contribution is 2.38. The first kappa shape index (κ1) is 15.8. The number of nitrogens with zero attached hydrogens (tertiary/aromatic N) is 1. The number of nitrogens with two attached hydrogens (primary N) is 1. The lowest BCUT2D eigenvalue weighted by Gasteiger charge is -2.45. The van der Waals surface area contributed by atoms with Crippen molar-refractivity contribution >= 4 is 11.6 Å². The molecule has 1 aliphatic rings. The molecule has 1 aromatic rings. The van der Waals surface area contributed by atoms with Gasteiger partial charge in [0.2, 0.25) is 0 Å². The summed E-state index contributed by atoms with van der Waals surface area (Å²) in [4.78, 5) is 2.58. The van der Waals surface area contributed by atoms with Gasteiger partial charge in [0.05, 0.1) is 0 Å². The lowest BCUT2D eigenvalue weighted by Crippen LogP contribution is -2.59. The number of hydrogen-bond donors (Lipinski definition) is 1. The fourth-order valence-corrected chi connectivity index (χ4v) is 4.08. The number of benzene rings is 1. The van der Waals surface area contributed by atoms with Gasteiger partial charge in [0.1, 0.15) is 0 Å². The first-order valence-electron chi connectivity index (χ1n) is 7.87. The Kier molecular flexibility index (Phi) is 5.48.